The lowest BCUT2D eigenvalue weighted by molar-refractivity contribution is 0.0841. The van der Waals surface area contributed by atoms with Gasteiger partial charge in [-0.2, -0.15) is 0 Å². The second-order valence-electron chi connectivity index (χ2n) is 8.49. The van der Waals surface area contributed by atoms with Crippen LogP contribution < -0.4 is 9.47 Å². The van der Waals surface area contributed by atoms with Gasteiger partial charge in [-0.25, -0.2) is 0 Å². The first-order valence-electron chi connectivity index (χ1n) is 10.6. The van der Waals surface area contributed by atoms with E-state index >= 15 is 0 Å². The van der Waals surface area contributed by atoms with Gasteiger partial charge >= 0.3 is 0 Å². The van der Waals surface area contributed by atoms with Gasteiger partial charge in [0.05, 0.1) is 13.5 Å². The Labute approximate surface area is 188 Å². The minimum absolute atomic E-state index is 0.00970. The Hall–Kier alpha value is -3.41. The maximum Gasteiger partial charge on any atom is 0.174 e. The van der Waals surface area contributed by atoms with Gasteiger partial charge in [-0.1, -0.05) is 29.4 Å². The van der Waals surface area contributed by atoms with Crippen LogP contribution >= 0.6 is 0 Å². The molecule has 170 valence electrons. The molecule has 32 heavy (non-hydrogen) atoms. The van der Waals surface area contributed by atoms with Crippen molar-refractivity contribution in [3.63, 3.8) is 0 Å². The number of ketones is 1. The molecule has 0 bridgehead atoms. The highest BCUT2D eigenvalue weighted by Crippen LogP contribution is 2.47. The summed E-state index contributed by atoms with van der Waals surface area (Å²) in [6.45, 7) is 7.84. The molecule has 2 aromatic rings. The molecule has 3 N–H and O–H groups in total. The Balaban J connectivity index is 2.15. The van der Waals surface area contributed by atoms with Crippen molar-refractivity contribution in [3.8, 4) is 28.7 Å². The van der Waals surface area contributed by atoms with Gasteiger partial charge in [-0.3, -0.25) is 4.79 Å². The Morgan fingerprint density at radius 3 is 2.22 bits per heavy atom. The van der Waals surface area contributed by atoms with Gasteiger partial charge in [0, 0.05) is 22.8 Å². The predicted octanol–water partition coefficient (Wildman–Crippen LogP) is 5.54. The maximum absolute atomic E-state index is 13.1. The van der Waals surface area contributed by atoms with E-state index in [1.807, 2.05) is 39.8 Å². The quantitative estimate of drug-likeness (QED) is 0.513. The summed E-state index contributed by atoms with van der Waals surface area (Å²) < 4.78 is 11.7. The second kappa shape index (κ2) is 9.39. The van der Waals surface area contributed by atoms with Crippen molar-refractivity contribution in [1.29, 1.82) is 0 Å². The number of rotatable bonds is 6. The summed E-state index contributed by atoms with van der Waals surface area (Å²) in [6.07, 6.45) is 4.15. The molecule has 0 spiro atoms. The highest BCUT2D eigenvalue weighted by molar-refractivity contribution is 6.03. The van der Waals surface area contributed by atoms with E-state index < -0.39 is 6.10 Å². The zero-order chi connectivity index (χ0) is 23.6. The number of aromatic hydroxyl groups is 3. The van der Waals surface area contributed by atoms with Gasteiger partial charge in [-0.05, 0) is 46.6 Å². The lowest BCUT2D eigenvalue weighted by Crippen LogP contribution is -2.23. The Morgan fingerprint density at radius 1 is 1.00 bits per heavy atom. The van der Waals surface area contributed by atoms with Crippen molar-refractivity contribution in [3.05, 3.63) is 63.8 Å². The molecule has 0 saturated carbocycles. The van der Waals surface area contributed by atoms with Crippen molar-refractivity contribution in [1.82, 2.24) is 0 Å². The van der Waals surface area contributed by atoms with Gasteiger partial charge in [0.1, 0.15) is 28.9 Å². The average Bonchev–Trinajstić information content (AvgIpc) is 2.71. The van der Waals surface area contributed by atoms with Gasteiger partial charge in [0.15, 0.2) is 17.3 Å². The van der Waals surface area contributed by atoms with E-state index in [2.05, 4.69) is 0 Å². The fraction of sp³-hybridized carbons (Fsp3) is 0.346. The molecule has 1 atom stereocenters. The fourth-order valence-corrected chi connectivity index (χ4v) is 3.88. The number of allylic oxidation sites excluding steroid dienone is 4. The summed E-state index contributed by atoms with van der Waals surface area (Å²) in [5, 5.41) is 31.1. The van der Waals surface area contributed by atoms with E-state index in [0.717, 1.165) is 16.7 Å². The van der Waals surface area contributed by atoms with E-state index in [1.165, 1.54) is 19.2 Å². The third-order valence-corrected chi connectivity index (χ3v) is 5.51. The molecule has 0 fully saturated rings. The highest BCUT2D eigenvalue weighted by atomic mass is 16.5. The first-order chi connectivity index (χ1) is 15.1. The number of carbonyl (C=O) groups is 1. The average molecular weight is 439 g/mol. The van der Waals surface area contributed by atoms with Crippen molar-refractivity contribution in [2.75, 3.05) is 7.11 Å². The van der Waals surface area contributed by atoms with E-state index in [1.54, 1.807) is 6.07 Å². The number of ether oxygens (including phenoxy) is 2. The van der Waals surface area contributed by atoms with Gasteiger partial charge in [0.25, 0.3) is 0 Å². The van der Waals surface area contributed by atoms with E-state index in [-0.39, 0.29) is 40.8 Å². The summed E-state index contributed by atoms with van der Waals surface area (Å²) in [7, 11) is 1.49. The number of benzene rings is 2. The molecule has 0 radical (unpaired) electrons. The number of phenols is 3. The van der Waals surface area contributed by atoms with Crippen molar-refractivity contribution in [2.45, 2.75) is 53.1 Å². The molecule has 0 amide bonds. The number of phenolic OH excluding ortho intramolecular Hbond substituents is 3. The molecule has 0 saturated heterocycles. The SMILES string of the molecule is COc1c(O)ccc(C2CC(=O)c3c(O)cc(O)c(CC=C(C)C)c3O2)c1CC=C(C)C. The minimum Gasteiger partial charge on any atom is -0.507 e. The molecule has 0 aromatic heterocycles. The number of carbonyl (C=O) groups excluding carboxylic acids is 1. The Morgan fingerprint density at radius 2 is 1.62 bits per heavy atom. The van der Waals surface area contributed by atoms with E-state index in [4.69, 9.17) is 9.47 Å². The van der Waals surface area contributed by atoms with Gasteiger partial charge < -0.3 is 24.8 Å². The third kappa shape index (κ3) is 4.59. The van der Waals surface area contributed by atoms with Crippen LogP contribution in [0.15, 0.2) is 41.5 Å². The lowest BCUT2D eigenvalue weighted by atomic mass is 9.89. The summed E-state index contributed by atoms with van der Waals surface area (Å²) in [6, 6.07) is 4.44. The molecular weight excluding hydrogens is 408 g/mol. The topological polar surface area (TPSA) is 96.2 Å². The van der Waals surface area contributed by atoms with Crippen molar-refractivity contribution >= 4 is 5.78 Å². The predicted molar refractivity (Wildman–Crippen MR) is 123 cm³/mol. The van der Waals surface area contributed by atoms with Crippen LogP contribution in [-0.2, 0) is 12.8 Å². The molecule has 1 unspecified atom stereocenters. The first-order valence-corrected chi connectivity index (χ1v) is 10.6. The highest BCUT2D eigenvalue weighted by Gasteiger charge is 2.35. The van der Waals surface area contributed by atoms with E-state index in [9.17, 15) is 20.1 Å². The zero-order valence-electron chi connectivity index (χ0n) is 19.2. The molecule has 1 aliphatic heterocycles. The van der Waals surface area contributed by atoms with Gasteiger partial charge in [-0.15, -0.1) is 0 Å². The van der Waals surface area contributed by atoms with E-state index in [0.29, 0.717) is 29.7 Å². The monoisotopic (exact) mass is 438 g/mol. The number of hydrogen-bond acceptors (Lipinski definition) is 6. The van der Waals surface area contributed by atoms with Crippen LogP contribution in [0.4, 0.5) is 0 Å². The maximum atomic E-state index is 13.1. The van der Waals surface area contributed by atoms with Crippen LogP contribution in [-0.4, -0.2) is 28.2 Å². The molecule has 2 aromatic carbocycles. The van der Waals surface area contributed by atoms with Crippen LogP contribution in [0.5, 0.6) is 28.7 Å². The van der Waals surface area contributed by atoms with Crippen LogP contribution in [0.25, 0.3) is 0 Å². The van der Waals surface area contributed by atoms with Crippen LogP contribution in [0.3, 0.4) is 0 Å². The molecule has 0 aliphatic carbocycles. The minimum atomic E-state index is -0.656. The van der Waals surface area contributed by atoms with Crippen LogP contribution in [0.2, 0.25) is 0 Å². The van der Waals surface area contributed by atoms with Crippen LogP contribution in [0.1, 0.15) is 67.3 Å². The second-order valence-corrected chi connectivity index (χ2v) is 8.49. The summed E-state index contributed by atoms with van der Waals surface area (Å²) in [5.74, 6) is -0.148. The molecule has 1 heterocycles. The van der Waals surface area contributed by atoms with Crippen molar-refractivity contribution < 1.29 is 29.6 Å². The van der Waals surface area contributed by atoms with Crippen LogP contribution in [0, 0.1) is 0 Å². The Bertz CT molecular complexity index is 1100. The number of fused-ring (bicyclic) bond motifs is 1. The summed E-state index contributed by atoms with van der Waals surface area (Å²) >= 11 is 0. The summed E-state index contributed by atoms with van der Waals surface area (Å²) in [5.41, 5.74) is 4.14. The van der Waals surface area contributed by atoms with Crippen molar-refractivity contribution in [2.24, 2.45) is 0 Å². The largest absolute Gasteiger partial charge is 0.507 e. The third-order valence-electron chi connectivity index (χ3n) is 5.51. The normalized spacial score (nSPS) is 14.9. The molecule has 3 rings (SSSR count). The van der Waals surface area contributed by atoms with Gasteiger partial charge in [0.2, 0.25) is 0 Å². The standard InChI is InChI=1S/C26H30O6/c1-14(2)6-8-17-16(10-11-19(27)25(17)31-5)23-13-22(30)24-21(29)12-20(28)18(26(24)32-23)9-7-15(3)4/h6-7,10-12,23,27-29H,8-9,13H2,1-5H3. The molecule has 6 nitrogen and oxygen atoms in total. The molecule has 6 heteroatoms. The first kappa shape index (κ1) is 23.3. The molecular formula is C26H30O6. The fourth-order valence-electron chi connectivity index (χ4n) is 3.88. The summed E-state index contributed by atoms with van der Waals surface area (Å²) in [4.78, 5) is 13.1. The number of Topliss-reactive ketones (excluding diaryl/α,β-unsaturated/α-hetero) is 1. The zero-order valence-corrected chi connectivity index (χ0v) is 19.2. The Kier molecular flexibility index (Phi) is 6.82. The lowest BCUT2D eigenvalue weighted by Gasteiger charge is -2.30. The number of hydrogen-bond donors (Lipinski definition) is 3. The molecule has 1 aliphatic rings. The smallest absolute Gasteiger partial charge is 0.174 e. The number of methoxy groups -OCH3 is 1.